The summed E-state index contributed by atoms with van der Waals surface area (Å²) in [6, 6.07) is 7.05. The van der Waals surface area contributed by atoms with Crippen LogP contribution >= 0.6 is 0 Å². The minimum absolute atomic E-state index is 0.128. The van der Waals surface area contributed by atoms with Crippen LogP contribution in [-0.2, 0) is 20.7 Å². The van der Waals surface area contributed by atoms with Gasteiger partial charge in [-0.1, -0.05) is 19.1 Å². The minimum Gasteiger partial charge on any atom is -0.444 e. The summed E-state index contributed by atoms with van der Waals surface area (Å²) in [6.45, 7) is 13.5. The molecule has 2 rings (SSSR count). The maximum absolute atomic E-state index is 12.6. The van der Waals surface area contributed by atoms with Crippen molar-refractivity contribution < 1.29 is 19.1 Å². The number of anilines is 1. The summed E-state index contributed by atoms with van der Waals surface area (Å²) in [4.78, 5) is 45.2. The first kappa shape index (κ1) is 31.5. The average Bonchev–Trinajstić information content (AvgIpc) is 2.85. The van der Waals surface area contributed by atoms with E-state index in [1.165, 1.54) is 11.9 Å². The number of rotatable bonds is 10. The van der Waals surface area contributed by atoms with Crippen molar-refractivity contribution in [1.82, 2.24) is 20.4 Å². The molecule has 1 unspecified atom stereocenters. The third-order valence-electron chi connectivity index (χ3n) is 6.43. The van der Waals surface area contributed by atoms with Gasteiger partial charge in [0.2, 0.25) is 5.91 Å². The number of primary amides is 1. The van der Waals surface area contributed by atoms with Gasteiger partial charge in [0.25, 0.3) is 5.91 Å². The molecule has 0 aromatic heterocycles. The van der Waals surface area contributed by atoms with E-state index < -0.39 is 23.6 Å². The van der Waals surface area contributed by atoms with Gasteiger partial charge in [0.05, 0.1) is 6.04 Å². The molecule has 0 saturated heterocycles. The SMILES string of the molecule is CCC1NC(C(N)=O)=C(Nc2cccc(CCNC(=O)[C@H](C)N(C)C(=O)OC(C)(C)C)c2)N=C1N(C)C(C)C. The van der Waals surface area contributed by atoms with Gasteiger partial charge in [-0.05, 0) is 72.1 Å². The van der Waals surface area contributed by atoms with Gasteiger partial charge in [0, 0.05) is 32.4 Å². The molecular formula is C28H45N7O4. The molecule has 2 atom stereocenters. The van der Waals surface area contributed by atoms with Crippen LogP contribution in [0.5, 0.6) is 0 Å². The molecule has 1 aromatic carbocycles. The number of ether oxygens (including phenoxy) is 1. The molecule has 39 heavy (non-hydrogen) atoms. The number of likely N-dealkylation sites (N-methyl/N-ethyl adjacent to an activating group) is 2. The topological polar surface area (TPSA) is 141 Å². The van der Waals surface area contributed by atoms with Crippen LogP contribution in [0.2, 0.25) is 0 Å². The summed E-state index contributed by atoms with van der Waals surface area (Å²) in [5.74, 6) is 0.322. The summed E-state index contributed by atoms with van der Waals surface area (Å²) in [5.41, 5.74) is 6.97. The molecule has 1 heterocycles. The van der Waals surface area contributed by atoms with Crippen molar-refractivity contribution in [1.29, 1.82) is 0 Å². The fraction of sp³-hybridized carbons (Fsp3) is 0.571. The monoisotopic (exact) mass is 543 g/mol. The van der Waals surface area contributed by atoms with Crippen molar-refractivity contribution in [2.75, 3.05) is 26.0 Å². The molecule has 1 aliphatic heterocycles. The van der Waals surface area contributed by atoms with Gasteiger partial charge >= 0.3 is 6.09 Å². The van der Waals surface area contributed by atoms with E-state index in [1.807, 2.05) is 38.2 Å². The molecule has 0 radical (unpaired) electrons. The third-order valence-corrected chi connectivity index (χ3v) is 6.43. The van der Waals surface area contributed by atoms with Crippen molar-refractivity contribution in [3.05, 3.63) is 41.3 Å². The summed E-state index contributed by atoms with van der Waals surface area (Å²) < 4.78 is 5.34. The van der Waals surface area contributed by atoms with Crippen LogP contribution in [0.25, 0.3) is 0 Å². The number of benzene rings is 1. The molecule has 5 N–H and O–H groups in total. The Morgan fingerprint density at radius 3 is 2.41 bits per heavy atom. The van der Waals surface area contributed by atoms with Crippen LogP contribution in [0.4, 0.5) is 10.5 Å². The highest BCUT2D eigenvalue weighted by Gasteiger charge is 2.29. The molecule has 0 saturated carbocycles. The zero-order valence-electron chi connectivity index (χ0n) is 24.7. The Morgan fingerprint density at radius 1 is 1.18 bits per heavy atom. The van der Waals surface area contributed by atoms with E-state index in [-0.39, 0.29) is 23.7 Å². The predicted molar refractivity (Wildman–Crippen MR) is 154 cm³/mol. The molecule has 0 bridgehead atoms. The second-order valence-electron chi connectivity index (χ2n) is 11.0. The van der Waals surface area contributed by atoms with Crippen molar-refractivity contribution in [3.63, 3.8) is 0 Å². The molecule has 0 aliphatic carbocycles. The second-order valence-corrected chi connectivity index (χ2v) is 11.0. The maximum atomic E-state index is 12.6. The molecule has 11 heteroatoms. The number of amidine groups is 1. The first-order valence-electron chi connectivity index (χ1n) is 13.4. The van der Waals surface area contributed by atoms with Crippen LogP contribution in [-0.4, -0.2) is 77.9 Å². The van der Waals surface area contributed by atoms with E-state index >= 15 is 0 Å². The molecule has 0 spiro atoms. The fourth-order valence-corrected chi connectivity index (χ4v) is 3.79. The van der Waals surface area contributed by atoms with Gasteiger partial charge in [-0.2, -0.15) is 0 Å². The normalized spacial score (nSPS) is 16.2. The number of carbonyl (C=O) groups is 3. The fourth-order valence-electron chi connectivity index (χ4n) is 3.79. The highest BCUT2D eigenvalue weighted by molar-refractivity contribution is 5.98. The number of nitrogens with zero attached hydrogens (tertiary/aromatic N) is 3. The lowest BCUT2D eigenvalue weighted by atomic mass is 10.1. The highest BCUT2D eigenvalue weighted by atomic mass is 16.6. The van der Waals surface area contributed by atoms with Crippen molar-refractivity contribution in [3.8, 4) is 0 Å². The van der Waals surface area contributed by atoms with Gasteiger partial charge in [-0.3, -0.25) is 14.5 Å². The Bertz CT molecular complexity index is 1110. The van der Waals surface area contributed by atoms with Crippen LogP contribution in [0.15, 0.2) is 40.8 Å². The Kier molecular flexibility index (Phi) is 10.8. The van der Waals surface area contributed by atoms with Gasteiger partial charge in [0.15, 0.2) is 5.82 Å². The number of nitrogens with one attached hydrogen (secondary N) is 3. The molecule has 11 nitrogen and oxygen atoms in total. The van der Waals surface area contributed by atoms with Crippen molar-refractivity contribution in [2.45, 2.75) is 85.0 Å². The smallest absolute Gasteiger partial charge is 0.410 e. The zero-order chi connectivity index (χ0) is 29.5. The average molecular weight is 544 g/mol. The highest BCUT2D eigenvalue weighted by Crippen LogP contribution is 2.21. The summed E-state index contributed by atoms with van der Waals surface area (Å²) in [6.07, 6.45) is 0.751. The first-order chi connectivity index (χ1) is 18.1. The summed E-state index contributed by atoms with van der Waals surface area (Å²) in [7, 11) is 3.51. The standard InChI is InChI=1S/C28H45N7O4/c1-10-21-25(34(8)17(2)3)33-24(22(32-21)23(29)36)31-20-13-11-12-19(16-20)14-15-30-26(37)18(4)35(9)27(38)39-28(5,6)7/h11-13,16-18,21,31-32H,10,14-15H2,1-9H3,(H2,29,36)(H,30,37)/t18-,21?/m0/s1. The molecule has 1 aliphatic rings. The summed E-state index contributed by atoms with van der Waals surface area (Å²) in [5, 5.41) is 9.36. The van der Waals surface area contributed by atoms with Gasteiger partial charge < -0.3 is 31.3 Å². The van der Waals surface area contributed by atoms with Crippen LogP contribution in [0, 0.1) is 0 Å². The number of carbonyl (C=O) groups excluding carboxylic acids is 3. The van der Waals surface area contributed by atoms with E-state index in [4.69, 9.17) is 15.5 Å². The summed E-state index contributed by atoms with van der Waals surface area (Å²) >= 11 is 0. The number of nitrogens with two attached hydrogens (primary N) is 1. The van der Waals surface area contributed by atoms with Gasteiger partial charge in [0.1, 0.15) is 23.2 Å². The lowest BCUT2D eigenvalue weighted by Gasteiger charge is -2.35. The molecule has 1 aromatic rings. The number of hydrogen-bond acceptors (Lipinski definition) is 8. The van der Waals surface area contributed by atoms with E-state index in [1.54, 1.807) is 27.7 Å². The van der Waals surface area contributed by atoms with Crippen LogP contribution in [0.3, 0.4) is 0 Å². The van der Waals surface area contributed by atoms with Crippen molar-refractivity contribution >= 4 is 29.4 Å². The minimum atomic E-state index is -0.686. The lowest BCUT2D eigenvalue weighted by Crippen LogP contribution is -2.51. The van der Waals surface area contributed by atoms with E-state index in [0.29, 0.717) is 18.8 Å². The maximum Gasteiger partial charge on any atom is 0.410 e. The number of aliphatic imine (C=N–C) groups is 1. The Hall–Kier alpha value is -3.76. The van der Waals surface area contributed by atoms with E-state index in [0.717, 1.165) is 23.5 Å². The second kappa shape index (κ2) is 13.3. The van der Waals surface area contributed by atoms with Gasteiger partial charge in [-0.25, -0.2) is 9.79 Å². The first-order valence-corrected chi connectivity index (χ1v) is 13.4. The largest absolute Gasteiger partial charge is 0.444 e. The predicted octanol–water partition coefficient (Wildman–Crippen LogP) is 2.79. The number of amides is 3. The molecule has 3 amide bonds. The Morgan fingerprint density at radius 2 is 1.85 bits per heavy atom. The lowest BCUT2D eigenvalue weighted by molar-refractivity contribution is -0.125. The van der Waals surface area contributed by atoms with E-state index in [9.17, 15) is 14.4 Å². The molecule has 0 fully saturated rings. The molecular weight excluding hydrogens is 498 g/mol. The van der Waals surface area contributed by atoms with Crippen LogP contribution < -0.4 is 21.7 Å². The van der Waals surface area contributed by atoms with Crippen molar-refractivity contribution in [2.24, 2.45) is 10.7 Å². The third kappa shape index (κ3) is 8.90. The Balaban J connectivity index is 2.09. The number of hydrogen-bond donors (Lipinski definition) is 4. The quantitative estimate of drug-likeness (QED) is 0.356. The molecule has 216 valence electrons. The Labute approximate surface area is 232 Å². The zero-order valence-corrected chi connectivity index (χ0v) is 24.7. The van der Waals surface area contributed by atoms with E-state index in [2.05, 4.69) is 34.7 Å². The van der Waals surface area contributed by atoms with Crippen LogP contribution in [0.1, 0.15) is 60.5 Å². The van der Waals surface area contributed by atoms with Gasteiger partial charge in [-0.15, -0.1) is 0 Å².